The van der Waals surface area contributed by atoms with Crippen LogP contribution in [0.25, 0.3) is 0 Å². The Balaban J connectivity index is 1.69. The molecular formula is C19H16ClFN2O2. The summed E-state index contributed by atoms with van der Waals surface area (Å²) in [6.07, 6.45) is 1.58. The fourth-order valence-electron chi connectivity index (χ4n) is 2.47. The molecule has 0 aliphatic rings. The van der Waals surface area contributed by atoms with E-state index in [4.69, 9.17) is 16.0 Å². The number of rotatable bonds is 6. The Kier molecular flexibility index (Phi) is 5.48. The maximum atomic E-state index is 13.7. The summed E-state index contributed by atoms with van der Waals surface area (Å²) in [5.74, 6) is -0.231. The molecule has 4 nitrogen and oxygen atoms in total. The molecule has 6 heteroatoms. The Bertz CT molecular complexity index is 838. The first-order valence-electron chi connectivity index (χ1n) is 7.70. The zero-order chi connectivity index (χ0) is 17.6. The molecule has 0 unspecified atom stereocenters. The van der Waals surface area contributed by atoms with Gasteiger partial charge in [0, 0.05) is 5.02 Å². The Morgan fingerprint density at radius 3 is 2.64 bits per heavy atom. The maximum Gasteiger partial charge on any atom is 0.238 e. The predicted molar refractivity (Wildman–Crippen MR) is 95.0 cm³/mol. The monoisotopic (exact) mass is 358 g/mol. The zero-order valence-corrected chi connectivity index (χ0v) is 14.0. The zero-order valence-electron chi connectivity index (χ0n) is 13.2. The minimum atomic E-state index is -0.539. The van der Waals surface area contributed by atoms with E-state index in [0.717, 1.165) is 5.56 Å². The van der Waals surface area contributed by atoms with Crippen LogP contribution in [0.15, 0.2) is 71.3 Å². The predicted octanol–water partition coefficient (Wildman–Crippen LogP) is 4.39. The second-order valence-electron chi connectivity index (χ2n) is 5.41. The van der Waals surface area contributed by atoms with Crippen molar-refractivity contribution in [1.82, 2.24) is 5.32 Å². The molecule has 0 aliphatic heterocycles. The van der Waals surface area contributed by atoms with Crippen LogP contribution in [0.1, 0.15) is 17.4 Å². The number of carbonyl (C=O) groups excluding carboxylic acids is 1. The molecule has 1 heterocycles. The van der Waals surface area contributed by atoms with E-state index in [0.29, 0.717) is 10.8 Å². The summed E-state index contributed by atoms with van der Waals surface area (Å²) in [5, 5.41) is 5.99. The van der Waals surface area contributed by atoms with E-state index >= 15 is 0 Å². The molecule has 0 bridgehead atoms. The molecule has 2 aromatic carbocycles. The molecule has 2 N–H and O–H groups in total. The molecule has 128 valence electrons. The molecule has 25 heavy (non-hydrogen) atoms. The van der Waals surface area contributed by atoms with Gasteiger partial charge in [-0.1, -0.05) is 41.9 Å². The summed E-state index contributed by atoms with van der Waals surface area (Å²) >= 11 is 5.83. The van der Waals surface area contributed by atoms with Crippen molar-refractivity contribution < 1.29 is 13.6 Å². The summed E-state index contributed by atoms with van der Waals surface area (Å²) in [5.41, 5.74) is 1.01. The van der Waals surface area contributed by atoms with Crippen LogP contribution in [-0.4, -0.2) is 12.5 Å². The van der Waals surface area contributed by atoms with Gasteiger partial charge in [-0.3, -0.25) is 10.1 Å². The van der Waals surface area contributed by atoms with Crippen LogP contribution in [0.4, 0.5) is 10.1 Å². The normalized spacial score (nSPS) is 11.9. The second-order valence-corrected chi connectivity index (χ2v) is 5.85. The van der Waals surface area contributed by atoms with Gasteiger partial charge in [0.15, 0.2) is 0 Å². The van der Waals surface area contributed by atoms with Crippen molar-refractivity contribution in [2.75, 3.05) is 11.9 Å². The number of benzene rings is 2. The molecule has 0 radical (unpaired) electrons. The SMILES string of the molecule is O=C(CN[C@H](c1ccccc1)c1ccco1)Nc1cc(Cl)ccc1F. The number of halogens is 2. The first kappa shape index (κ1) is 17.2. The molecule has 0 saturated heterocycles. The number of nitrogens with one attached hydrogen (secondary N) is 2. The third-order valence-corrected chi connectivity index (χ3v) is 3.86. The molecule has 1 aromatic heterocycles. The number of carbonyl (C=O) groups is 1. The molecule has 0 fully saturated rings. The van der Waals surface area contributed by atoms with Crippen molar-refractivity contribution in [1.29, 1.82) is 0 Å². The molecule has 3 rings (SSSR count). The van der Waals surface area contributed by atoms with E-state index in [1.165, 1.54) is 18.2 Å². The highest BCUT2D eigenvalue weighted by Crippen LogP contribution is 2.22. The maximum absolute atomic E-state index is 13.7. The average Bonchev–Trinajstić information content (AvgIpc) is 3.14. The Labute approximate surface area is 149 Å². The smallest absolute Gasteiger partial charge is 0.238 e. The first-order chi connectivity index (χ1) is 12.1. The van der Waals surface area contributed by atoms with E-state index in [1.807, 2.05) is 36.4 Å². The summed E-state index contributed by atoms with van der Waals surface area (Å²) in [6, 6.07) is 17.0. The first-order valence-corrected chi connectivity index (χ1v) is 8.08. The second kappa shape index (κ2) is 7.96. The van der Waals surface area contributed by atoms with Gasteiger partial charge >= 0.3 is 0 Å². The fraction of sp³-hybridized carbons (Fsp3) is 0.105. The van der Waals surface area contributed by atoms with Crippen molar-refractivity contribution >= 4 is 23.2 Å². The van der Waals surface area contributed by atoms with Gasteiger partial charge in [0.05, 0.1) is 24.5 Å². The van der Waals surface area contributed by atoms with Crippen LogP contribution >= 0.6 is 11.6 Å². The van der Waals surface area contributed by atoms with Crippen LogP contribution in [0.3, 0.4) is 0 Å². The lowest BCUT2D eigenvalue weighted by Crippen LogP contribution is -2.32. The summed E-state index contributed by atoms with van der Waals surface area (Å²) in [7, 11) is 0. The molecule has 3 aromatic rings. The fourth-order valence-corrected chi connectivity index (χ4v) is 2.64. The molecule has 1 atom stereocenters. The van der Waals surface area contributed by atoms with Crippen molar-refractivity contribution in [3.05, 3.63) is 89.1 Å². The van der Waals surface area contributed by atoms with Crippen LogP contribution in [0.5, 0.6) is 0 Å². The third-order valence-electron chi connectivity index (χ3n) is 3.63. The largest absolute Gasteiger partial charge is 0.467 e. The van der Waals surface area contributed by atoms with Gasteiger partial charge in [0.25, 0.3) is 0 Å². The average molecular weight is 359 g/mol. The standard InChI is InChI=1S/C19H16ClFN2O2/c20-14-8-9-15(21)16(11-14)23-18(24)12-22-19(17-7-4-10-25-17)13-5-2-1-3-6-13/h1-11,19,22H,12H2,(H,23,24)/t19-/m1/s1. The van der Waals surface area contributed by atoms with Crippen LogP contribution in [0, 0.1) is 5.82 Å². The van der Waals surface area contributed by atoms with Gasteiger partial charge in [-0.2, -0.15) is 0 Å². The van der Waals surface area contributed by atoms with Gasteiger partial charge in [0.2, 0.25) is 5.91 Å². The molecular weight excluding hydrogens is 343 g/mol. The van der Waals surface area contributed by atoms with Crippen LogP contribution < -0.4 is 10.6 Å². The number of anilines is 1. The molecule has 0 aliphatic carbocycles. The highest BCUT2D eigenvalue weighted by molar-refractivity contribution is 6.30. The van der Waals surface area contributed by atoms with E-state index in [1.54, 1.807) is 12.3 Å². The van der Waals surface area contributed by atoms with E-state index in [-0.39, 0.29) is 24.2 Å². The number of hydrogen-bond acceptors (Lipinski definition) is 3. The Morgan fingerprint density at radius 1 is 1.12 bits per heavy atom. The number of hydrogen-bond donors (Lipinski definition) is 2. The minimum Gasteiger partial charge on any atom is -0.467 e. The van der Waals surface area contributed by atoms with Crippen LogP contribution in [-0.2, 0) is 4.79 Å². The topological polar surface area (TPSA) is 54.3 Å². The van der Waals surface area contributed by atoms with Gasteiger partial charge in [-0.15, -0.1) is 0 Å². The third kappa shape index (κ3) is 4.47. The molecule has 1 amide bonds. The van der Waals surface area contributed by atoms with Crippen molar-refractivity contribution in [2.24, 2.45) is 0 Å². The highest BCUT2D eigenvalue weighted by atomic mass is 35.5. The molecule has 0 saturated carbocycles. The number of amides is 1. The van der Waals surface area contributed by atoms with Gasteiger partial charge < -0.3 is 9.73 Å². The summed E-state index contributed by atoms with van der Waals surface area (Å²) in [6.45, 7) is -0.0216. The lowest BCUT2D eigenvalue weighted by Gasteiger charge is -2.17. The quantitative estimate of drug-likeness (QED) is 0.687. The lowest BCUT2D eigenvalue weighted by molar-refractivity contribution is -0.115. The highest BCUT2D eigenvalue weighted by Gasteiger charge is 2.18. The Morgan fingerprint density at radius 2 is 1.92 bits per heavy atom. The van der Waals surface area contributed by atoms with Gasteiger partial charge in [-0.05, 0) is 35.9 Å². The Hall–Kier alpha value is -2.63. The number of furan rings is 1. The van der Waals surface area contributed by atoms with Gasteiger partial charge in [-0.25, -0.2) is 4.39 Å². The summed E-state index contributed by atoms with van der Waals surface area (Å²) < 4.78 is 19.2. The van der Waals surface area contributed by atoms with Crippen molar-refractivity contribution in [3.8, 4) is 0 Å². The van der Waals surface area contributed by atoms with Crippen molar-refractivity contribution in [2.45, 2.75) is 6.04 Å². The van der Waals surface area contributed by atoms with E-state index < -0.39 is 5.82 Å². The van der Waals surface area contributed by atoms with Crippen LogP contribution in [0.2, 0.25) is 5.02 Å². The summed E-state index contributed by atoms with van der Waals surface area (Å²) in [4.78, 5) is 12.2. The van der Waals surface area contributed by atoms with Gasteiger partial charge in [0.1, 0.15) is 11.6 Å². The van der Waals surface area contributed by atoms with E-state index in [2.05, 4.69) is 10.6 Å². The minimum absolute atomic E-state index is 0.0216. The van der Waals surface area contributed by atoms with Crippen molar-refractivity contribution in [3.63, 3.8) is 0 Å². The van der Waals surface area contributed by atoms with E-state index in [9.17, 15) is 9.18 Å². The molecule has 0 spiro atoms. The lowest BCUT2D eigenvalue weighted by atomic mass is 10.0.